The summed E-state index contributed by atoms with van der Waals surface area (Å²) in [6, 6.07) is 9.08. The summed E-state index contributed by atoms with van der Waals surface area (Å²) in [4.78, 5) is 27.4. The van der Waals surface area contributed by atoms with Crippen LogP contribution in [0.25, 0.3) is 0 Å². The maximum atomic E-state index is 12.3. The van der Waals surface area contributed by atoms with Crippen LogP contribution in [0.4, 0.5) is 11.4 Å². The van der Waals surface area contributed by atoms with Gasteiger partial charge in [0.2, 0.25) is 5.91 Å². The van der Waals surface area contributed by atoms with Crippen molar-refractivity contribution in [1.29, 1.82) is 0 Å². The molecular formula is C19H22BrN3O2S. The number of nitrogens with zero attached hydrogens (tertiary/aromatic N) is 1. The van der Waals surface area contributed by atoms with Crippen LogP contribution < -0.4 is 10.6 Å². The molecule has 5 nitrogen and oxygen atoms in total. The van der Waals surface area contributed by atoms with Gasteiger partial charge >= 0.3 is 0 Å². The van der Waals surface area contributed by atoms with E-state index in [1.807, 2.05) is 29.6 Å². The number of rotatable bonds is 5. The first-order valence-electron chi connectivity index (χ1n) is 8.78. The Balaban J connectivity index is 1.57. The van der Waals surface area contributed by atoms with E-state index >= 15 is 0 Å². The minimum absolute atomic E-state index is 0.0172. The molecule has 0 bridgehead atoms. The van der Waals surface area contributed by atoms with Gasteiger partial charge in [-0.1, -0.05) is 18.9 Å². The van der Waals surface area contributed by atoms with Crippen molar-refractivity contribution >= 4 is 50.5 Å². The lowest BCUT2D eigenvalue weighted by Gasteiger charge is -2.19. The summed E-state index contributed by atoms with van der Waals surface area (Å²) in [6.45, 7) is 2.39. The molecule has 0 aliphatic carbocycles. The van der Waals surface area contributed by atoms with Crippen LogP contribution in [0.1, 0.15) is 35.4 Å². The smallest absolute Gasteiger partial charge is 0.266 e. The zero-order valence-electron chi connectivity index (χ0n) is 14.5. The molecule has 3 rings (SSSR count). The number of carbonyl (C=O) groups excluding carboxylic acids is 2. The number of benzene rings is 1. The Labute approximate surface area is 165 Å². The fourth-order valence-corrected chi connectivity index (χ4v) is 4.46. The number of nitrogens with one attached hydrogen (secondary N) is 2. The van der Waals surface area contributed by atoms with Gasteiger partial charge in [-0.15, -0.1) is 11.3 Å². The van der Waals surface area contributed by atoms with Crippen LogP contribution >= 0.6 is 27.3 Å². The number of thiophene rings is 1. The number of amides is 2. The highest BCUT2D eigenvalue weighted by atomic mass is 79.9. The molecule has 7 heteroatoms. The average molecular weight is 436 g/mol. The lowest BCUT2D eigenvalue weighted by atomic mass is 10.2. The van der Waals surface area contributed by atoms with Crippen molar-refractivity contribution in [3.63, 3.8) is 0 Å². The third-order valence-corrected chi connectivity index (χ3v) is 6.13. The van der Waals surface area contributed by atoms with E-state index in [1.54, 1.807) is 6.07 Å². The molecule has 1 aliphatic heterocycles. The van der Waals surface area contributed by atoms with E-state index in [-0.39, 0.29) is 11.8 Å². The molecular weight excluding hydrogens is 414 g/mol. The van der Waals surface area contributed by atoms with E-state index in [0.717, 1.165) is 30.4 Å². The molecule has 0 spiro atoms. The molecule has 1 saturated heterocycles. The Morgan fingerprint density at radius 3 is 2.38 bits per heavy atom. The fourth-order valence-electron chi connectivity index (χ4n) is 3.02. The second kappa shape index (κ2) is 9.30. The van der Waals surface area contributed by atoms with Crippen molar-refractivity contribution in [3.8, 4) is 0 Å². The molecule has 1 aromatic heterocycles. The summed E-state index contributed by atoms with van der Waals surface area (Å²) in [5.41, 5.74) is 1.34. The highest BCUT2D eigenvalue weighted by molar-refractivity contribution is 9.10. The Hall–Kier alpha value is -1.70. The molecule has 1 aliphatic rings. The van der Waals surface area contributed by atoms with Crippen LogP contribution in [0, 0.1) is 0 Å². The summed E-state index contributed by atoms with van der Waals surface area (Å²) >= 11 is 4.75. The molecule has 1 fully saturated rings. The maximum Gasteiger partial charge on any atom is 0.266 e. The van der Waals surface area contributed by atoms with Gasteiger partial charge in [-0.05, 0) is 71.5 Å². The monoisotopic (exact) mass is 435 g/mol. The third-order valence-electron chi connectivity index (χ3n) is 4.29. The zero-order valence-corrected chi connectivity index (χ0v) is 16.9. The van der Waals surface area contributed by atoms with Crippen LogP contribution in [-0.4, -0.2) is 36.3 Å². The largest absolute Gasteiger partial charge is 0.325 e. The first kappa shape index (κ1) is 19.1. The minimum atomic E-state index is -0.167. The van der Waals surface area contributed by atoms with Crippen molar-refractivity contribution in [2.75, 3.05) is 30.3 Å². The Morgan fingerprint density at radius 2 is 1.73 bits per heavy atom. The summed E-state index contributed by atoms with van der Waals surface area (Å²) in [5.74, 6) is -0.184. The number of likely N-dealkylation sites (tertiary alicyclic amines) is 1. The summed E-state index contributed by atoms with van der Waals surface area (Å²) < 4.78 is 0.780. The van der Waals surface area contributed by atoms with Crippen LogP contribution in [0.2, 0.25) is 0 Å². The zero-order chi connectivity index (χ0) is 18.4. The Bertz CT molecular complexity index is 770. The summed E-state index contributed by atoms with van der Waals surface area (Å²) in [5, 5.41) is 7.66. The van der Waals surface area contributed by atoms with Gasteiger partial charge in [0.05, 0.1) is 6.54 Å². The number of hydrogen-bond donors (Lipinski definition) is 2. The quantitative estimate of drug-likeness (QED) is 0.722. The average Bonchev–Trinajstić information content (AvgIpc) is 2.87. The number of halogens is 1. The maximum absolute atomic E-state index is 12.3. The summed E-state index contributed by atoms with van der Waals surface area (Å²) in [6.07, 6.45) is 4.82. The Morgan fingerprint density at radius 1 is 1.04 bits per heavy atom. The van der Waals surface area contributed by atoms with Crippen molar-refractivity contribution in [3.05, 3.63) is 45.1 Å². The topological polar surface area (TPSA) is 61.4 Å². The van der Waals surface area contributed by atoms with Gasteiger partial charge in [-0.2, -0.15) is 0 Å². The van der Waals surface area contributed by atoms with Crippen LogP contribution in [0.5, 0.6) is 0 Å². The van der Waals surface area contributed by atoms with Gasteiger partial charge in [-0.3, -0.25) is 14.5 Å². The molecule has 1 aromatic carbocycles. The molecule has 0 radical (unpaired) electrons. The lowest BCUT2D eigenvalue weighted by molar-refractivity contribution is -0.117. The predicted molar refractivity (Wildman–Crippen MR) is 110 cm³/mol. The molecule has 26 heavy (non-hydrogen) atoms. The van der Waals surface area contributed by atoms with Gasteiger partial charge in [0.25, 0.3) is 5.91 Å². The van der Waals surface area contributed by atoms with Crippen molar-refractivity contribution in [2.24, 2.45) is 0 Å². The number of hydrogen-bond acceptors (Lipinski definition) is 4. The standard InChI is InChI=1S/C19H22BrN3O2S/c20-16-8-11-26-18(16)19(25)22-15-7-5-6-14(12-15)21-17(24)13-23-9-3-1-2-4-10-23/h5-8,11-12H,1-4,9-10,13H2,(H,21,24)(H,22,25). The molecule has 0 unspecified atom stereocenters. The van der Waals surface area contributed by atoms with E-state index in [9.17, 15) is 9.59 Å². The predicted octanol–water partition coefficient (Wildman–Crippen LogP) is 4.58. The van der Waals surface area contributed by atoms with Gasteiger partial charge in [0.15, 0.2) is 0 Å². The van der Waals surface area contributed by atoms with E-state index < -0.39 is 0 Å². The van der Waals surface area contributed by atoms with E-state index in [4.69, 9.17) is 0 Å². The van der Waals surface area contributed by atoms with Crippen molar-refractivity contribution < 1.29 is 9.59 Å². The van der Waals surface area contributed by atoms with Crippen molar-refractivity contribution in [1.82, 2.24) is 4.90 Å². The number of anilines is 2. The van der Waals surface area contributed by atoms with Gasteiger partial charge in [-0.25, -0.2) is 0 Å². The first-order valence-corrected chi connectivity index (χ1v) is 10.5. The second-order valence-electron chi connectivity index (χ2n) is 6.37. The minimum Gasteiger partial charge on any atom is -0.325 e. The van der Waals surface area contributed by atoms with E-state index in [1.165, 1.54) is 24.2 Å². The first-order chi connectivity index (χ1) is 12.6. The molecule has 2 heterocycles. The van der Waals surface area contributed by atoms with Crippen LogP contribution in [0.15, 0.2) is 40.2 Å². The van der Waals surface area contributed by atoms with E-state index in [2.05, 4.69) is 31.5 Å². The molecule has 2 N–H and O–H groups in total. The number of carbonyl (C=O) groups is 2. The van der Waals surface area contributed by atoms with E-state index in [0.29, 0.717) is 22.8 Å². The second-order valence-corrected chi connectivity index (χ2v) is 8.14. The normalized spacial score (nSPS) is 15.3. The molecule has 2 aromatic rings. The molecule has 0 atom stereocenters. The van der Waals surface area contributed by atoms with Crippen molar-refractivity contribution in [2.45, 2.75) is 25.7 Å². The SMILES string of the molecule is O=C(CN1CCCCCC1)Nc1cccc(NC(=O)c2sccc2Br)c1. The highest BCUT2D eigenvalue weighted by Gasteiger charge is 2.14. The molecule has 0 saturated carbocycles. The third kappa shape index (κ3) is 5.40. The highest BCUT2D eigenvalue weighted by Crippen LogP contribution is 2.24. The van der Waals surface area contributed by atoms with Gasteiger partial charge in [0.1, 0.15) is 4.88 Å². The fraction of sp³-hybridized carbons (Fsp3) is 0.368. The molecule has 138 valence electrons. The van der Waals surface area contributed by atoms with Gasteiger partial charge in [0, 0.05) is 15.8 Å². The molecule has 2 amide bonds. The lowest BCUT2D eigenvalue weighted by Crippen LogP contribution is -2.33. The van der Waals surface area contributed by atoms with Crippen LogP contribution in [-0.2, 0) is 4.79 Å². The Kier molecular flexibility index (Phi) is 6.82. The summed E-state index contributed by atoms with van der Waals surface area (Å²) in [7, 11) is 0. The van der Waals surface area contributed by atoms with Gasteiger partial charge < -0.3 is 10.6 Å². The van der Waals surface area contributed by atoms with Crippen LogP contribution in [0.3, 0.4) is 0 Å².